The molecular weight excluding hydrogens is 350 g/mol. The van der Waals surface area contributed by atoms with Crippen molar-refractivity contribution in [1.29, 1.82) is 0 Å². The second kappa shape index (κ2) is 5.87. The van der Waals surface area contributed by atoms with Crippen LogP contribution in [0.15, 0.2) is 42.9 Å². The van der Waals surface area contributed by atoms with Crippen molar-refractivity contribution >= 4 is 22.5 Å². The Morgan fingerprint density at radius 1 is 0.800 bits per heavy atom. The van der Waals surface area contributed by atoms with Crippen LogP contribution in [0.25, 0.3) is 11.0 Å². The quantitative estimate of drug-likeness (QED) is 0.668. The van der Waals surface area contributed by atoms with Crippen LogP contribution >= 0.6 is 0 Å². The molecule has 2 aromatic heterocycles. The second-order valence-electron chi connectivity index (χ2n) is 5.02. The Labute approximate surface area is 136 Å². The van der Waals surface area contributed by atoms with Crippen LogP contribution in [0.4, 0.5) is 37.8 Å². The number of benzene rings is 1. The third kappa shape index (κ3) is 3.62. The summed E-state index contributed by atoms with van der Waals surface area (Å²) in [5.74, 6) is 0.0468. The maximum atomic E-state index is 12.9. The van der Waals surface area contributed by atoms with E-state index in [0.717, 1.165) is 6.33 Å². The van der Waals surface area contributed by atoms with E-state index in [9.17, 15) is 26.3 Å². The summed E-state index contributed by atoms with van der Waals surface area (Å²) < 4.78 is 77.4. The Bertz CT molecular complexity index is 882. The lowest BCUT2D eigenvalue weighted by molar-refractivity contribution is -0.143. The van der Waals surface area contributed by atoms with Crippen LogP contribution in [0.5, 0.6) is 0 Å². The summed E-state index contributed by atoms with van der Waals surface area (Å²) in [6, 6.07) is 4.32. The Kier molecular flexibility index (Phi) is 3.97. The number of nitrogens with zero attached hydrogens (tertiary/aromatic N) is 3. The molecule has 3 rings (SSSR count). The first-order valence-electron chi connectivity index (χ1n) is 6.77. The topological polar surface area (TPSA) is 50.7 Å². The number of nitrogens with one attached hydrogen (secondary N) is 1. The van der Waals surface area contributed by atoms with Gasteiger partial charge < -0.3 is 5.32 Å². The maximum absolute atomic E-state index is 12.9. The van der Waals surface area contributed by atoms with Gasteiger partial charge in [-0.2, -0.15) is 26.3 Å². The van der Waals surface area contributed by atoms with E-state index in [1.807, 2.05) is 0 Å². The van der Waals surface area contributed by atoms with Crippen LogP contribution in [0, 0.1) is 0 Å². The van der Waals surface area contributed by atoms with Crippen molar-refractivity contribution in [2.24, 2.45) is 0 Å². The molecule has 10 heteroatoms. The number of anilines is 2. The molecule has 3 aromatic rings. The second-order valence-corrected chi connectivity index (χ2v) is 5.02. The van der Waals surface area contributed by atoms with Gasteiger partial charge in [-0.1, -0.05) is 0 Å². The highest BCUT2D eigenvalue weighted by molar-refractivity contribution is 5.88. The van der Waals surface area contributed by atoms with Gasteiger partial charge in [0, 0.05) is 11.9 Å². The fourth-order valence-electron chi connectivity index (χ4n) is 2.16. The number of hydrogen-bond donors (Lipinski definition) is 1. The molecule has 4 nitrogen and oxygen atoms in total. The monoisotopic (exact) mass is 358 g/mol. The molecule has 0 saturated carbocycles. The zero-order chi connectivity index (χ0) is 18.2. The van der Waals surface area contributed by atoms with Crippen molar-refractivity contribution in [2.45, 2.75) is 12.4 Å². The maximum Gasteiger partial charge on any atom is 0.416 e. The van der Waals surface area contributed by atoms with Gasteiger partial charge in [-0.3, -0.25) is 0 Å². The number of rotatable bonds is 2. The van der Waals surface area contributed by atoms with Crippen molar-refractivity contribution < 1.29 is 26.3 Å². The SMILES string of the molecule is FC(F)(F)c1cc(Nc2ncnc3ncccc23)cc(C(F)(F)F)c1. The van der Waals surface area contributed by atoms with Crippen LogP contribution in [-0.2, 0) is 12.4 Å². The highest BCUT2D eigenvalue weighted by Crippen LogP contribution is 2.38. The van der Waals surface area contributed by atoms with Crippen LogP contribution in [0.2, 0.25) is 0 Å². The Morgan fingerprint density at radius 3 is 2.04 bits per heavy atom. The lowest BCUT2D eigenvalue weighted by Gasteiger charge is -2.15. The van der Waals surface area contributed by atoms with Crippen LogP contribution in [0.1, 0.15) is 11.1 Å². The highest BCUT2D eigenvalue weighted by Gasteiger charge is 2.37. The molecule has 0 atom stereocenters. The van der Waals surface area contributed by atoms with E-state index in [0.29, 0.717) is 17.5 Å². The molecule has 25 heavy (non-hydrogen) atoms. The van der Waals surface area contributed by atoms with Gasteiger partial charge in [-0.15, -0.1) is 0 Å². The Morgan fingerprint density at radius 2 is 1.44 bits per heavy atom. The third-order valence-corrected chi connectivity index (χ3v) is 3.26. The van der Waals surface area contributed by atoms with E-state index in [4.69, 9.17) is 0 Å². The van der Waals surface area contributed by atoms with Crippen LogP contribution in [-0.4, -0.2) is 15.0 Å². The van der Waals surface area contributed by atoms with Gasteiger partial charge in [0.05, 0.1) is 16.5 Å². The first kappa shape index (κ1) is 16.9. The standard InChI is InChI=1S/C15H8F6N4/c16-14(17,18)8-4-9(15(19,20)21)6-10(5-8)25-13-11-2-1-3-22-12(11)23-7-24-13/h1-7H,(H,22,23,24,25). The van der Waals surface area contributed by atoms with E-state index in [2.05, 4.69) is 20.3 Å². The molecule has 0 spiro atoms. The van der Waals surface area contributed by atoms with Crippen molar-refractivity contribution in [3.63, 3.8) is 0 Å². The Hall–Kier alpha value is -2.91. The van der Waals surface area contributed by atoms with Gasteiger partial charge in [-0.25, -0.2) is 15.0 Å². The van der Waals surface area contributed by atoms with Gasteiger partial charge in [-0.05, 0) is 30.3 Å². The van der Waals surface area contributed by atoms with Crippen molar-refractivity contribution in [3.8, 4) is 0 Å². The normalized spacial score (nSPS) is 12.4. The largest absolute Gasteiger partial charge is 0.416 e. The molecule has 0 fully saturated rings. The Balaban J connectivity index is 2.10. The highest BCUT2D eigenvalue weighted by atomic mass is 19.4. The fraction of sp³-hybridized carbons (Fsp3) is 0.133. The molecular formula is C15H8F6N4. The minimum atomic E-state index is -4.92. The van der Waals surface area contributed by atoms with Crippen molar-refractivity contribution in [2.75, 3.05) is 5.32 Å². The lowest BCUT2D eigenvalue weighted by Crippen LogP contribution is -2.11. The van der Waals surface area contributed by atoms with E-state index in [1.165, 1.54) is 6.20 Å². The summed E-state index contributed by atoms with van der Waals surface area (Å²) in [6.45, 7) is 0. The number of aromatic nitrogens is 3. The van der Waals surface area contributed by atoms with E-state index in [1.54, 1.807) is 12.1 Å². The molecule has 0 saturated heterocycles. The molecule has 130 valence electrons. The summed E-state index contributed by atoms with van der Waals surface area (Å²) in [5, 5.41) is 2.84. The van der Waals surface area contributed by atoms with Gasteiger partial charge in [0.1, 0.15) is 12.1 Å². The van der Waals surface area contributed by atoms with Crippen molar-refractivity contribution in [1.82, 2.24) is 15.0 Å². The van der Waals surface area contributed by atoms with E-state index in [-0.39, 0.29) is 17.5 Å². The summed E-state index contributed by atoms with van der Waals surface area (Å²) in [4.78, 5) is 11.7. The molecule has 0 aliphatic rings. The molecule has 0 amide bonds. The third-order valence-electron chi connectivity index (χ3n) is 3.26. The molecule has 0 unspecified atom stereocenters. The molecule has 0 radical (unpaired) electrons. The predicted octanol–water partition coefficient (Wildman–Crippen LogP) is 4.81. The van der Waals surface area contributed by atoms with Gasteiger partial charge >= 0.3 is 12.4 Å². The molecule has 1 aromatic carbocycles. The van der Waals surface area contributed by atoms with Gasteiger partial charge in [0.15, 0.2) is 5.65 Å². The molecule has 0 aliphatic carbocycles. The van der Waals surface area contributed by atoms with Crippen LogP contribution in [0.3, 0.4) is 0 Å². The molecule has 2 heterocycles. The minimum absolute atomic E-state index is 0.0468. The molecule has 0 bridgehead atoms. The smallest absolute Gasteiger partial charge is 0.340 e. The lowest BCUT2D eigenvalue weighted by atomic mass is 10.1. The fourth-order valence-corrected chi connectivity index (χ4v) is 2.16. The number of hydrogen-bond acceptors (Lipinski definition) is 4. The number of halogens is 6. The summed E-state index contributed by atoms with van der Waals surface area (Å²) in [5.41, 5.74) is -2.98. The van der Waals surface area contributed by atoms with E-state index >= 15 is 0 Å². The number of pyridine rings is 1. The predicted molar refractivity (Wildman–Crippen MR) is 77.1 cm³/mol. The van der Waals surface area contributed by atoms with Gasteiger partial charge in [0.25, 0.3) is 0 Å². The number of alkyl halides is 6. The van der Waals surface area contributed by atoms with E-state index < -0.39 is 29.2 Å². The zero-order valence-electron chi connectivity index (χ0n) is 12.2. The number of fused-ring (bicyclic) bond motifs is 1. The summed E-state index contributed by atoms with van der Waals surface area (Å²) >= 11 is 0. The van der Waals surface area contributed by atoms with Crippen LogP contribution < -0.4 is 5.32 Å². The zero-order valence-corrected chi connectivity index (χ0v) is 12.2. The molecule has 0 aliphatic heterocycles. The van der Waals surface area contributed by atoms with Crippen molar-refractivity contribution in [3.05, 3.63) is 54.0 Å². The van der Waals surface area contributed by atoms with Gasteiger partial charge in [0.2, 0.25) is 0 Å². The first-order chi connectivity index (χ1) is 11.6. The molecule has 1 N–H and O–H groups in total. The average Bonchev–Trinajstić information content (AvgIpc) is 2.53. The minimum Gasteiger partial charge on any atom is -0.340 e. The average molecular weight is 358 g/mol. The first-order valence-corrected chi connectivity index (χ1v) is 6.77. The summed E-state index contributed by atoms with van der Waals surface area (Å²) in [6.07, 6.45) is -7.29. The summed E-state index contributed by atoms with van der Waals surface area (Å²) in [7, 11) is 0.